The molecule has 3 atom stereocenters. The molecule has 0 aromatic carbocycles. The van der Waals surface area contributed by atoms with E-state index in [1.165, 1.54) is 122 Å². The number of aliphatic hydroxyl groups is 2. The third-order valence-electron chi connectivity index (χ3n) is 9.01. The first kappa shape index (κ1) is 49.0. The number of carbonyl (C=O) groups excluding carboxylic acids is 2. The molecule has 0 amide bonds. The van der Waals surface area contributed by atoms with E-state index in [2.05, 4.69) is 18.4 Å². The molecular formula is C39H77O10P. The van der Waals surface area contributed by atoms with Crippen molar-refractivity contribution in [2.45, 2.75) is 212 Å². The summed E-state index contributed by atoms with van der Waals surface area (Å²) in [5.74, 6) is -0.912. The number of esters is 2. The van der Waals surface area contributed by atoms with Gasteiger partial charge in [-0.3, -0.25) is 18.6 Å². The molecule has 0 saturated carbocycles. The summed E-state index contributed by atoms with van der Waals surface area (Å²) in [6.45, 7) is 2.40. The number of phosphoric acid groups is 1. The van der Waals surface area contributed by atoms with E-state index >= 15 is 0 Å². The first-order valence-corrected chi connectivity index (χ1v) is 22.0. The zero-order valence-electron chi connectivity index (χ0n) is 32.1. The summed E-state index contributed by atoms with van der Waals surface area (Å²) in [5, 5.41) is 18.3. The topological polar surface area (TPSA) is 149 Å². The lowest BCUT2D eigenvalue weighted by Gasteiger charge is -2.20. The van der Waals surface area contributed by atoms with E-state index in [0.717, 1.165) is 38.5 Å². The molecule has 0 heterocycles. The number of carbonyl (C=O) groups is 2. The molecular weight excluding hydrogens is 659 g/mol. The summed E-state index contributed by atoms with van der Waals surface area (Å²) in [5.41, 5.74) is 0. The Bertz CT molecular complexity index is 812. The largest absolute Gasteiger partial charge is 0.472 e. The number of rotatable bonds is 39. The van der Waals surface area contributed by atoms with Crippen molar-refractivity contribution in [1.29, 1.82) is 0 Å². The lowest BCUT2D eigenvalue weighted by Crippen LogP contribution is -2.29. The van der Waals surface area contributed by atoms with Gasteiger partial charge in [0.05, 0.1) is 19.8 Å². The SMILES string of the molecule is CCCCCCCCCCCCCCCCCC(=O)O[C@H](COC(=O)CCCCCCCCCCCCCC)COP(=O)(O)OC[C@@H](O)CO. The van der Waals surface area contributed by atoms with Crippen LogP contribution in [0.2, 0.25) is 0 Å². The van der Waals surface area contributed by atoms with Crippen molar-refractivity contribution in [2.75, 3.05) is 26.4 Å². The Kier molecular flexibility index (Phi) is 35.6. The average Bonchev–Trinajstić information content (AvgIpc) is 3.10. The molecule has 0 aliphatic rings. The van der Waals surface area contributed by atoms with Crippen LogP contribution in [0.25, 0.3) is 0 Å². The second-order valence-corrected chi connectivity index (χ2v) is 15.5. The number of phosphoric ester groups is 1. The van der Waals surface area contributed by atoms with Crippen molar-refractivity contribution in [3.63, 3.8) is 0 Å². The van der Waals surface area contributed by atoms with E-state index in [-0.39, 0.29) is 19.4 Å². The van der Waals surface area contributed by atoms with Crippen LogP contribution in [0.3, 0.4) is 0 Å². The number of aliphatic hydroxyl groups excluding tert-OH is 2. The fourth-order valence-corrected chi connectivity index (χ4v) is 6.61. The summed E-state index contributed by atoms with van der Waals surface area (Å²) in [6.07, 6.45) is 30.6. The average molecular weight is 737 g/mol. The summed E-state index contributed by atoms with van der Waals surface area (Å²) < 4.78 is 32.6. The summed E-state index contributed by atoms with van der Waals surface area (Å²) in [6, 6.07) is 0. The Morgan fingerprint density at radius 2 is 0.860 bits per heavy atom. The summed E-state index contributed by atoms with van der Waals surface area (Å²) in [4.78, 5) is 34.9. The Morgan fingerprint density at radius 3 is 1.24 bits per heavy atom. The van der Waals surface area contributed by atoms with Crippen molar-refractivity contribution in [3.8, 4) is 0 Å². The summed E-state index contributed by atoms with van der Waals surface area (Å²) >= 11 is 0. The number of hydrogen-bond donors (Lipinski definition) is 3. The van der Waals surface area contributed by atoms with Gasteiger partial charge in [0.1, 0.15) is 12.7 Å². The Balaban J connectivity index is 4.29. The van der Waals surface area contributed by atoms with Gasteiger partial charge in [0, 0.05) is 12.8 Å². The van der Waals surface area contributed by atoms with Gasteiger partial charge in [-0.25, -0.2) is 4.57 Å². The van der Waals surface area contributed by atoms with Crippen molar-refractivity contribution in [3.05, 3.63) is 0 Å². The van der Waals surface area contributed by atoms with Gasteiger partial charge in [0.25, 0.3) is 0 Å². The van der Waals surface area contributed by atoms with E-state index in [4.69, 9.17) is 19.1 Å². The van der Waals surface area contributed by atoms with Crippen molar-refractivity contribution >= 4 is 19.8 Å². The smallest absolute Gasteiger partial charge is 0.462 e. The van der Waals surface area contributed by atoms with Crippen LogP contribution in [0.5, 0.6) is 0 Å². The number of ether oxygens (including phenoxy) is 2. The molecule has 0 bridgehead atoms. The van der Waals surface area contributed by atoms with Gasteiger partial charge in [-0.15, -0.1) is 0 Å². The third kappa shape index (κ3) is 35.4. The fourth-order valence-electron chi connectivity index (χ4n) is 5.82. The lowest BCUT2D eigenvalue weighted by atomic mass is 10.0. The van der Waals surface area contributed by atoms with Crippen LogP contribution < -0.4 is 0 Å². The van der Waals surface area contributed by atoms with Crippen molar-refractivity contribution in [1.82, 2.24) is 0 Å². The molecule has 0 aromatic rings. The number of hydrogen-bond acceptors (Lipinski definition) is 9. The molecule has 0 aliphatic carbocycles. The van der Waals surface area contributed by atoms with Crippen LogP contribution in [0.1, 0.15) is 200 Å². The lowest BCUT2D eigenvalue weighted by molar-refractivity contribution is -0.161. The minimum atomic E-state index is -4.60. The quantitative estimate of drug-likeness (QED) is 0.0316. The fraction of sp³-hybridized carbons (Fsp3) is 0.949. The molecule has 0 spiro atoms. The van der Waals surface area contributed by atoms with Gasteiger partial charge in [-0.1, -0.05) is 174 Å². The van der Waals surface area contributed by atoms with E-state index in [1.807, 2.05) is 0 Å². The molecule has 0 aliphatic heterocycles. The van der Waals surface area contributed by atoms with E-state index in [1.54, 1.807) is 0 Å². The molecule has 0 rings (SSSR count). The third-order valence-corrected chi connectivity index (χ3v) is 9.96. The molecule has 298 valence electrons. The second kappa shape index (κ2) is 36.3. The zero-order chi connectivity index (χ0) is 37.0. The highest BCUT2D eigenvalue weighted by Gasteiger charge is 2.27. The molecule has 0 fully saturated rings. The van der Waals surface area contributed by atoms with Crippen molar-refractivity contribution < 1.29 is 47.8 Å². The van der Waals surface area contributed by atoms with Gasteiger partial charge in [-0.05, 0) is 12.8 Å². The first-order chi connectivity index (χ1) is 24.2. The molecule has 0 saturated heterocycles. The molecule has 0 aromatic heterocycles. The van der Waals surface area contributed by atoms with Crippen LogP contribution in [0, 0.1) is 0 Å². The zero-order valence-corrected chi connectivity index (χ0v) is 33.0. The number of unbranched alkanes of at least 4 members (excludes halogenated alkanes) is 25. The molecule has 1 unspecified atom stereocenters. The molecule has 11 heteroatoms. The minimum Gasteiger partial charge on any atom is -0.462 e. The predicted molar refractivity (Wildman–Crippen MR) is 201 cm³/mol. The monoisotopic (exact) mass is 737 g/mol. The van der Waals surface area contributed by atoms with Gasteiger partial charge < -0.3 is 24.6 Å². The first-order valence-electron chi connectivity index (χ1n) is 20.5. The van der Waals surface area contributed by atoms with Gasteiger partial charge in [0.2, 0.25) is 0 Å². The molecule has 10 nitrogen and oxygen atoms in total. The van der Waals surface area contributed by atoms with Gasteiger partial charge in [-0.2, -0.15) is 0 Å². The van der Waals surface area contributed by atoms with Gasteiger partial charge >= 0.3 is 19.8 Å². The maximum absolute atomic E-state index is 12.6. The Hall–Kier alpha value is -1.03. The van der Waals surface area contributed by atoms with E-state index in [0.29, 0.717) is 12.8 Å². The highest BCUT2D eigenvalue weighted by atomic mass is 31.2. The predicted octanol–water partition coefficient (Wildman–Crippen LogP) is 10.3. The van der Waals surface area contributed by atoms with Crippen LogP contribution in [-0.4, -0.2) is 65.7 Å². The van der Waals surface area contributed by atoms with E-state index in [9.17, 15) is 24.2 Å². The van der Waals surface area contributed by atoms with Crippen molar-refractivity contribution in [2.24, 2.45) is 0 Å². The summed E-state index contributed by atoms with van der Waals surface area (Å²) in [7, 11) is -4.60. The second-order valence-electron chi connectivity index (χ2n) is 14.0. The normalized spacial score (nSPS) is 13.9. The van der Waals surface area contributed by atoms with Crippen LogP contribution in [-0.2, 0) is 32.7 Å². The van der Waals surface area contributed by atoms with Crippen LogP contribution in [0.15, 0.2) is 0 Å². The van der Waals surface area contributed by atoms with Gasteiger partial charge in [0.15, 0.2) is 6.10 Å². The Morgan fingerprint density at radius 1 is 0.520 bits per heavy atom. The maximum atomic E-state index is 12.6. The molecule has 3 N–H and O–H groups in total. The highest BCUT2D eigenvalue weighted by Crippen LogP contribution is 2.43. The molecule has 50 heavy (non-hydrogen) atoms. The van der Waals surface area contributed by atoms with Crippen LogP contribution in [0.4, 0.5) is 0 Å². The molecule has 0 radical (unpaired) electrons. The maximum Gasteiger partial charge on any atom is 0.472 e. The highest BCUT2D eigenvalue weighted by molar-refractivity contribution is 7.47. The Labute approximate surface area is 305 Å². The van der Waals surface area contributed by atoms with Crippen LogP contribution >= 0.6 is 7.82 Å². The van der Waals surface area contributed by atoms with E-state index < -0.39 is 51.8 Å². The minimum absolute atomic E-state index is 0.192. The standard InChI is InChI=1S/C39H77O10P/c1-3-5-7-9-11-13-15-17-18-19-21-23-25-27-29-31-39(43)49-37(35-48-50(44,45)47-33-36(41)32-40)34-46-38(42)30-28-26-24-22-20-16-14-12-10-8-6-4-2/h36-37,40-41H,3-35H2,1-2H3,(H,44,45)/t36-,37+/m0/s1.